The minimum atomic E-state index is -0.690. The fraction of sp³-hybridized carbons (Fsp3) is 0.778. The number of allylic oxidation sites excluding steroid dienone is 1. The fourth-order valence-corrected chi connectivity index (χ4v) is 6.17. The van der Waals surface area contributed by atoms with Gasteiger partial charge in [0.2, 0.25) is 0 Å². The summed E-state index contributed by atoms with van der Waals surface area (Å²) in [6, 6.07) is 0.587. The molecule has 204 valence electrons. The van der Waals surface area contributed by atoms with E-state index in [0.717, 1.165) is 37.0 Å². The number of nitrogens with two attached hydrogens (primary N) is 1. The van der Waals surface area contributed by atoms with Crippen molar-refractivity contribution in [2.45, 2.75) is 108 Å². The third kappa shape index (κ3) is 8.31. The van der Waals surface area contributed by atoms with Crippen molar-refractivity contribution in [3.05, 3.63) is 22.8 Å². The maximum Gasteiger partial charge on any atom is 0.306 e. The molecule has 36 heavy (non-hydrogen) atoms. The Bertz CT molecular complexity index is 830. The predicted molar refractivity (Wildman–Crippen MR) is 143 cm³/mol. The summed E-state index contributed by atoms with van der Waals surface area (Å²) >= 11 is 1.72. The molecule has 2 fully saturated rings. The summed E-state index contributed by atoms with van der Waals surface area (Å²) in [6.45, 7) is 7.01. The Labute approximate surface area is 220 Å². The van der Waals surface area contributed by atoms with Crippen molar-refractivity contribution in [3.8, 4) is 0 Å². The van der Waals surface area contributed by atoms with Crippen LogP contribution in [0.3, 0.4) is 0 Å². The normalized spacial score (nSPS) is 34.4. The summed E-state index contributed by atoms with van der Waals surface area (Å²) in [4.78, 5) is 28.0. The third-order valence-electron chi connectivity index (χ3n) is 7.72. The van der Waals surface area contributed by atoms with Crippen LogP contribution in [-0.2, 0) is 14.3 Å². The number of esters is 1. The molecule has 0 aromatic carbocycles. The molecule has 3 heterocycles. The Kier molecular flexibility index (Phi) is 10.9. The summed E-state index contributed by atoms with van der Waals surface area (Å²) < 4.78 is 6.03. The van der Waals surface area contributed by atoms with Crippen molar-refractivity contribution in [1.82, 2.24) is 10.2 Å². The van der Waals surface area contributed by atoms with Crippen LogP contribution < -0.4 is 11.1 Å². The number of fused-ring (bicyclic) bond motifs is 1. The lowest BCUT2D eigenvalue weighted by atomic mass is 9.80. The van der Waals surface area contributed by atoms with E-state index in [-0.39, 0.29) is 48.7 Å². The lowest BCUT2D eigenvalue weighted by Gasteiger charge is -2.25. The van der Waals surface area contributed by atoms with Crippen LogP contribution in [0, 0.1) is 5.41 Å². The summed E-state index contributed by atoms with van der Waals surface area (Å²) in [6.07, 6.45) is 6.66. The van der Waals surface area contributed by atoms with Crippen molar-refractivity contribution in [3.63, 3.8) is 0 Å². The third-order valence-corrected chi connectivity index (χ3v) is 8.79. The molecule has 8 nitrogen and oxygen atoms in total. The second-order valence-corrected chi connectivity index (χ2v) is 12.1. The molecule has 0 radical (unpaired) electrons. The number of carbonyl (C=O) groups is 2. The standard InChI is InChI=1S/C27H45N3O5S/c1-18(14-19-17-36-25(29-19)9-11-28)23-16-22-21(30(22)12-13-31)7-5-4-6-20(32)15-24(33)27(2,3)10-8-26(34)35-23/h14,17,20-23,25,29,31-32H,4-13,15-16,28H2,1-3H3/b18-14+. The number of ketones is 1. The summed E-state index contributed by atoms with van der Waals surface area (Å²) in [5.41, 5.74) is 6.99. The van der Waals surface area contributed by atoms with Crippen LogP contribution in [0.2, 0.25) is 0 Å². The molecule has 6 atom stereocenters. The van der Waals surface area contributed by atoms with E-state index < -0.39 is 11.5 Å². The van der Waals surface area contributed by atoms with Crippen LogP contribution in [0.4, 0.5) is 0 Å². The highest BCUT2D eigenvalue weighted by Crippen LogP contribution is 2.38. The van der Waals surface area contributed by atoms with E-state index in [1.165, 1.54) is 0 Å². The van der Waals surface area contributed by atoms with Gasteiger partial charge in [0.1, 0.15) is 11.9 Å². The zero-order chi connectivity index (χ0) is 26.3. The van der Waals surface area contributed by atoms with Gasteiger partial charge < -0.3 is 26.0 Å². The summed E-state index contributed by atoms with van der Waals surface area (Å²) in [5, 5.41) is 25.7. The predicted octanol–water partition coefficient (Wildman–Crippen LogP) is 2.83. The number of cyclic esters (lactones) is 1. The number of β-amino-alcohol motifs (C(OH)–C–C–N with tert-alkyl or cyclic N) is 1. The molecule has 0 amide bonds. The second-order valence-electron chi connectivity index (χ2n) is 11.1. The highest BCUT2D eigenvalue weighted by Gasteiger charge is 2.47. The maximum absolute atomic E-state index is 12.9. The molecule has 0 aromatic rings. The van der Waals surface area contributed by atoms with Gasteiger partial charge in [0.05, 0.1) is 18.1 Å². The lowest BCUT2D eigenvalue weighted by Crippen LogP contribution is -2.30. The molecule has 5 N–H and O–H groups in total. The molecule has 0 aromatic heterocycles. The number of thioether (sulfide) groups is 1. The molecule has 3 aliphatic heterocycles. The highest BCUT2D eigenvalue weighted by molar-refractivity contribution is 8.02. The lowest BCUT2D eigenvalue weighted by molar-refractivity contribution is -0.148. The van der Waals surface area contributed by atoms with Gasteiger partial charge in [-0.15, -0.1) is 11.8 Å². The van der Waals surface area contributed by atoms with E-state index in [1.807, 2.05) is 20.8 Å². The Balaban J connectivity index is 1.75. The van der Waals surface area contributed by atoms with Crippen molar-refractivity contribution in [2.75, 3.05) is 19.7 Å². The van der Waals surface area contributed by atoms with Gasteiger partial charge >= 0.3 is 5.97 Å². The number of rotatable bonds is 6. The highest BCUT2D eigenvalue weighted by atomic mass is 32.2. The number of carbonyl (C=O) groups excluding carboxylic acids is 2. The Morgan fingerprint density at radius 3 is 2.78 bits per heavy atom. The smallest absolute Gasteiger partial charge is 0.306 e. The molecule has 3 aliphatic rings. The average molecular weight is 524 g/mol. The van der Waals surface area contributed by atoms with Crippen molar-refractivity contribution in [2.24, 2.45) is 11.1 Å². The molecule has 0 saturated carbocycles. The van der Waals surface area contributed by atoms with Gasteiger partial charge in [0.25, 0.3) is 0 Å². The molecule has 9 heteroatoms. The van der Waals surface area contributed by atoms with Crippen LogP contribution in [0.5, 0.6) is 0 Å². The van der Waals surface area contributed by atoms with Gasteiger partial charge in [-0.25, -0.2) is 0 Å². The SMILES string of the molecule is C/C(=C\C1=CSC(CCN)N1)C1CC2C(CCCCC(O)CC(=O)C(C)(C)CCC(=O)O1)N2CCO. The number of aliphatic hydroxyl groups excluding tert-OH is 2. The van der Waals surface area contributed by atoms with E-state index in [2.05, 4.69) is 21.7 Å². The first-order valence-electron chi connectivity index (χ1n) is 13.4. The number of Topliss-reactive ketones (excluding diaryl/α,β-unsaturated/α-hetero) is 1. The van der Waals surface area contributed by atoms with E-state index in [4.69, 9.17) is 10.5 Å². The molecule has 3 rings (SSSR count). The van der Waals surface area contributed by atoms with Crippen LogP contribution in [0.1, 0.15) is 78.6 Å². The van der Waals surface area contributed by atoms with E-state index in [0.29, 0.717) is 38.4 Å². The first-order chi connectivity index (χ1) is 17.1. The van der Waals surface area contributed by atoms with Crippen LogP contribution in [0.15, 0.2) is 22.8 Å². The van der Waals surface area contributed by atoms with Crippen LogP contribution in [-0.4, -0.2) is 76.2 Å². The number of hydrogen-bond donors (Lipinski definition) is 4. The Morgan fingerprint density at radius 2 is 2.06 bits per heavy atom. The molecule has 6 unspecified atom stereocenters. The van der Waals surface area contributed by atoms with Gasteiger partial charge in [-0.2, -0.15) is 0 Å². The van der Waals surface area contributed by atoms with Gasteiger partial charge in [-0.05, 0) is 56.2 Å². The minimum absolute atomic E-state index is 0.0114. The average Bonchev–Trinajstić information content (AvgIpc) is 3.25. The van der Waals surface area contributed by atoms with E-state index in [9.17, 15) is 19.8 Å². The van der Waals surface area contributed by atoms with Gasteiger partial charge in [0, 0.05) is 49.0 Å². The monoisotopic (exact) mass is 523 g/mol. The van der Waals surface area contributed by atoms with Gasteiger partial charge in [0.15, 0.2) is 0 Å². The van der Waals surface area contributed by atoms with E-state index in [1.54, 1.807) is 11.8 Å². The molecular formula is C27H45N3O5S. The summed E-state index contributed by atoms with van der Waals surface area (Å²) in [7, 11) is 0. The van der Waals surface area contributed by atoms with Crippen molar-refractivity contribution in [1.29, 1.82) is 0 Å². The first kappa shape index (κ1) is 29.2. The molecule has 0 bridgehead atoms. The first-order valence-corrected chi connectivity index (χ1v) is 14.4. The fourth-order valence-electron chi connectivity index (χ4n) is 5.25. The van der Waals surface area contributed by atoms with E-state index >= 15 is 0 Å². The van der Waals surface area contributed by atoms with Gasteiger partial charge in [-0.1, -0.05) is 26.7 Å². The maximum atomic E-state index is 12.9. The zero-order valence-electron chi connectivity index (χ0n) is 22.1. The quantitative estimate of drug-likeness (QED) is 0.307. The molecule has 0 spiro atoms. The van der Waals surface area contributed by atoms with Crippen LogP contribution in [0.25, 0.3) is 0 Å². The number of ether oxygens (including phenoxy) is 1. The zero-order valence-corrected chi connectivity index (χ0v) is 22.9. The van der Waals surface area contributed by atoms with Crippen molar-refractivity contribution < 1.29 is 24.5 Å². The summed E-state index contributed by atoms with van der Waals surface area (Å²) in [5.74, 6) is -0.321. The van der Waals surface area contributed by atoms with Gasteiger partial charge in [-0.3, -0.25) is 14.5 Å². The van der Waals surface area contributed by atoms with Crippen LogP contribution >= 0.6 is 11.8 Å². The molecular weight excluding hydrogens is 478 g/mol. The minimum Gasteiger partial charge on any atom is -0.458 e. The largest absolute Gasteiger partial charge is 0.458 e. The number of nitrogens with one attached hydrogen (secondary N) is 1. The van der Waals surface area contributed by atoms with Crippen molar-refractivity contribution >= 4 is 23.5 Å². The molecule has 2 saturated heterocycles. The molecule has 0 aliphatic carbocycles. The topological polar surface area (TPSA) is 125 Å². The Morgan fingerprint density at radius 1 is 1.31 bits per heavy atom. The number of hydrogen-bond acceptors (Lipinski definition) is 9. The number of nitrogens with zero attached hydrogens (tertiary/aromatic N) is 1. The second kappa shape index (κ2) is 13.4. The Hall–Kier alpha value is -1.39. The number of aliphatic hydroxyl groups is 2.